The second kappa shape index (κ2) is 6.04. The summed E-state index contributed by atoms with van der Waals surface area (Å²) in [6.45, 7) is 10.7. The van der Waals surface area contributed by atoms with Crippen molar-refractivity contribution in [2.45, 2.75) is 46.6 Å². The van der Waals surface area contributed by atoms with Crippen molar-refractivity contribution < 1.29 is 0 Å². The number of rotatable bonds is 6. The van der Waals surface area contributed by atoms with Gasteiger partial charge in [0.2, 0.25) is 0 Å². The second-order valence-electron chi connectivity index (χ2n) is 5.28. The highest BCUT2D eigenvalue weighted by Crippen LogP contribution is 2.23. The lowest BCUT2D eigenvalue weighted by atomic mass is 9.93. The molecule has 0 saturated carbocycles. The monoisotopic (exact) mass is 223 g/mol. The molecule has 0 aliphatic carbocycles. The predicted octanol–water partition coefficient (Wildman–Crippen LogP) is 2.63. The first kappa shape index (κ1) is 13.2. The van der Waals surface area contributed by atoms with Gasteiger partial charge in [-0.3, -0.25) is 0 Å². The summed E-state index contributed by atoms with van der Waals surface area (Å²) >= 11 is 0. The van der Waals surface area contributed by atoms with E-state index < -0.39 is 0 Å². The third kappa shape index (κ3) is 3.34. The number of nitrogens with two attached hydrogens (primary N) is 1. The van der Waals surface area contributed by atoms with E-state index in [1.165, 1.54) is 12.1 Å². The van der Waals surface area contributed by atoms with Crippen molar-refractivity contribution in [3.05, 3.63) is 18.2 Å². The highest BCUT2D eigenvalue weighted by molar-refractivity contribution is 5.08. The van der Waals surface area contributed by atoms with Gasteiger partial charge < -0.3 is 10.3 Å². The summed E-state index contributed by atoms with van der Waals surface area (Å²) < 4.78 is 2.26. The molecule has 2 N–H and O–H groups in total. The van der Waals surface area contributed by atoms with Gasteiger partial charge in [0, 0.05) is 30.9 Å². The van der Waals surface area contributed by atoms with Crippen LogP contribution < -0.4 is 5.73 Å². The lowest BCUT2D eigenvalue weighted by molar-refractivity contribution is 0.450. The van der Waals surface area contributed by atoms with Crippen molar-refractivity contribution in [1.29, 1.82) is 0 Å². The topological polar surface area (TPSA) is 43.8 Å². The Hall–Kier alpha value is -0.830. The van der Waals surface area contributed by atoms with E-state index >= 15 is 0 Å². The van der Waals surface area contributed by atoms with E-state index in [1.807, 2.05) is 12.5 Å². The fourth-order valence-corrected chi connectivity index (χ4v) is 1.96. The average molecular weight is 223 g/mol. The van der Waals surface area contributed by atoms with Crippen molar-refractivity contribution in [1.82, 2.24) is 9.55 Å². The van der Waals surface area contributed by atoms with E-state index in [2.05, 4.69) is 37.2 Å². The van der Waals surface area contributed by atoms with E-state index in [4.69, 9.17) is 5.73 Å². The molecule has 0 aromatic carbocycles. The summed E-state index contributed by atoms with van der Waals surface area (Å²) in [5, 5.41) is 0. The Balaban J connectivity index is 2.76. The Kier molecular flexibility index (Phi) is 5.00. The molecule has 0 aliphatic rings. The minimum atomic E-state index is 0.426. The molecule has 1 atom stereocenters. The predicted molar refractivity (Wildman–Crippen MR) is 68.3 cm³/mol. The molecule has 1 unspecified atom stereocenters. The zero-order chi connectivity index (χ0) is 12.1. The van der Waals surface area contributed by atoms with E-state index in [1.54, 1.807) is 0 Å². The number of aryl methyl sites for hydroxylation is 1. The van der Waals surface area contributed by atoms with Gasteiger partial charge in [-0.05, 0) is 18.3 Å². The SMILES string of the molecule is CC(C)CCn1cncc1C(CN)C(C)C. The maximum atomic E-state index is 5.85. The van der Waals surface area contributed by atoms with Crippen molar-refractivity contribution in [2.24, 2.45) is 17.6 Å². The fourth-order valence-electron chi connectivity index (χ4n) is 1.96. The lowest BCUT2D eigenvalue weighted by Gasteiger charge is -2.21. The van der Waals surface area contributed by atoms with Gasteiger partial charge >= 0.3 is 0 Å². The Bertz CT molecular complexity index is 302. The first-order valence-corrected chi connectivity index (χ1v) is 6.26. The minimum absolute atomic E-state index is 0.426. The van der Waals surface area contributed by atoms with Gasteiger partial charge in [0.1, 0.15) is 0 Å². The maximum Gasteiger partial charge on any atom is 0.0948 e. The Morgan fingerprint density at radius 1 is 1.31 bits per heavy atom. The fraction of sp³-hybridized carbons (Fsp3) is 0.769. The molecule has 1 rings (SSSR count). The van der Waals surface area contributed by atoms with Crippen molar-refractivity contribution in [3.8, 4) is 0 Å². The molecule has 92 valence electrons. The van der Waals surface area contributed by atoms with Gasteiger partial charge in [-0.25, -0.2) is 4.98 Å². The van der Waals surface area contributed by atoms with E-state index in [0.717, 1.165) is 12.5 Å². The maximum absolute atomic E-state index is 5.85. The van der Waals surface area contributed by atoms with Crippen molar-refractivity contribution >= 4 is 0 Å². The standard InChI is InChI=1S/C13H25N3/c1-10(2)5-6-16-9-15-8-13(16)12(7-14)11(3)4/h8-12H,5-7,14H2,1-4H3. The van der Waals surface area contributed by atoms with Crippen LogP contribution in [0.1, 0.15) is 45.7 Å². The van der Waals surface area contributed by atoms with Crippen LogP contribution in [0.2, 0.25) is 0 Å². The number of aromatic nitrogens is 2. The van der Waals surface area contributed by atoms with Crippen LogP contribution in [0.5, 0.6) is 0 Å². The molecule has 0 spiro atoms. The number of hydrogen-bond donors (Lipinski definition) is 1. The average Bonchev–Trinajstić information content (AvgIpc) is 2.63. The van der Waals surface area contributed by atoms with Gasteiger partial charge in [-0.1, -0.05) is 27.7 Å². The van der Waals surface area contributed by atoms with E-state index in [0.29, 0.717) is 18.4 Å². The number of nitrogens with zero attached hydrogens (tertiary/aromatic N) is 2. The molecular weight excluding hydrogens is 198 g/mol. The Labute approximate surface area is 99.1 Å². The summed E-state index contributed by atoms with van der Waals surface area (Å²) in [7, 11) is 0. The van der Waals surface area contributed by atoms with E-state index in [-0.39, 0.29) is 0 Å². The van der Waals surface area contributed by atoms with Crippen LogP contribution in [-0.4, -0.2) is 16.1 Å². The van der Waals surface area contributed by atoms with Crippen LogP contribution in [0.25, 0.3) is 0 Å². The summed E-state index contributed by atoms with van der Waals surface area (Å²) in [6, 6.07) is 0. The molecular formula is C13H25N3. The van der Waals surface area contributed by atoms with Gasteiger partial charge in [-0.2, -0.15) is 0 Å². The first-order chi connectivity index (χ1) is 7.56. The molecule has 3 nitrogen and oxygen atoms in total. The summed E-state index contributed by atoms with van der Waals surface area (Å²) in [6.07, 6.45) is 5.10. The van der Waals surface area contributed by atoms with Gasteiger partial charge in [0.05, 0.1) is 6.33 Å². The number of imidazole rings is 1. The molecule has 0 fully saturated rings. The van der Waals surface area contributed by atoms with Crippen LogP contribution in [-0.2, 0) is 6.54 Å². The zero-order valence-corrected chi connectivity index (χ0v) is 11.0. The van der Waals surface area contributed by atoms with Crippen LogP contribution in [0.4, 0.5) is 0 Å². The highest BCUT2D eigenvalue weighted by Gasteiger charge is 2.17. The smallest absolute Gasteiger partial charge is 0.0948 e. The van der Waals surface area contributed by atoms with Gasteiger partial charge in [0.25, 0.3) is 0 Å². The quantitative estimate of drug-likeness (QED) is 0.805. The molecule has 0 bridgehead atoms. The normalized spacial score (nSPS) is 13.7. The first-order valence-electron chi connectivity index (χ1n) is 6.26. The Morgan fingerprint density at radius 2 is 2.00 bits per heavy atom. The molecule has 0 saturated heterocycles. The van der Waals surface area contributed by atoms with Crippen LogP contribution >= 0.6 is 0 Å². The number of hydrogen-bond acceptors (Lipinski definition) is 2. The third-order valence-electron chi connectivity index (χ3n) is 3.13. The summed E-state index contributed by atoms with van der Waals surface area (Å²) in [5.74, 6) is 1.72. The van der Waals surface area contributed by atoms with Crippen LogP contribution in [0.3, 0.4) is 0 Å². The Morgan fingerprint density at radius 3 is 2.50 bits per heavy atom. The van der Waals surface area contributed by atoms with E-state index in [9.17, 15) is 0 Å². The zero-order valence-electron chi connectivity index (χ0n) is 11.0. The molecule has 1 aromatic heterocycles. The molecule has 0 radical (unpaired) electrons. The second-order valence-corrected chi connectivity index (χ2v) is 5.28. The molecule has 1 aromatic rings. The molecule has 16 heavy (non-hydrogen) atoms. The molecule has 1 heterocycles. The van der Waals surface area contributed by atoms with Crippen LogP contribution in [0.15, 0.2) is 12.5 Å². The highest BCUT2D eigenvalue weighted by atomic mass is 15.0. The largest absolute Gasteiger partial charge is 0.334 e. The van der Waals surface area contributed by atoms with Crippen LogP contribution in [0, 0.1) is 11.8 Å². The van der Waals surface area contributed by atoms with Gasteiger partial charge in [0.15, 0.2) is 0 Å². The minimum Gasteiger partial charge on any atom is -0.334 e. The lowest BCUT2D eigenvalue weighted by Crippen LogP contribution is -2.21. The molecule has 0 amide bonds. The summed E-state index contributed by atoms with van der Waals surface area (Å²) in [5.41, 5.74) is 7.14. The van der Waals surface area contributed by atoms with Gasteiger partial charge in [-0.15, -0.1) is 0 Å². The third-order valence-corrected chi connectivity index (χ3v) is 3.13. The summed E-state index contributed by atoms with van der Waals surface area (Å²) in [4.78, 5) is 4.26. The van der Waals surface area contributed by atoms with Crippen molar-refractivity contribution in [3.63, 3.8) is 0 Å². The molecule has 0 aliphatic heterocycles. The van der Waals surface area contributed by atoms with Crippen molar-refractivity contribution in [2.75, 3.05) is 6.54 Å². The molecule has 3 heteroatoms.